The Kier molecular flexibility index (Phi) is 3.57. The molecule has 3 heteroatoms. The Morgan fingerprint density at radius 3 is 2.69 bits per heavy atom. The summed E-state index contributed by atoms with van der Waals surface area (Å²) in [4.78, 5) is 4.76. The van der Waals surface area contributed by atoms with E-state index in [0.717, 1.165) is 38.5 Å². The number of hydrogen-bond donors (Lipinski definition) is 1. The van der Waals surface area contributed by atoms with Gasteiger partial charge in [-0.15, -0.1) is 0 Å². The fraction of sp³-hybridized carbons (Fsp3) is 1.00. The summed E-state index contributed by atoms with van der Waals surface area (Å²) in [6.45, 7) is 7.28. The van der Waals surface area contributed by atoms with Gasteiger partial charge in [0.1, 0.15) is 0 Å². The number of piperidine rings is 1. The maximum atomic E-state index is 10.7. The van der Waals surface area contributed by atoms with Crippen LogP contribution in [-0.4, -0.2) is 59.3 Å². The van der Waals surface area contributed by atoms with E-state index in [-0.39, 0.29) is 0 Å². The van der Waals surface area contributed by atoms with Gasteiger partial charge in [-0.1, -0.05) is 0 Å². The molecule has 3 nitrogen and oxygen atoms in total. The van der Waals surface area contributed by atoms with E-state index in [0.29, 0.717) is 6.04 Å². The van der Waals surface area contributed by atoms with Crippen LogP contribution in [0.15, 0.2) is 0 Å². The Bertz CT molecular complexity index is 236. The number of rotatable bonds is 4. The van der Waals surface area contributed by atoms with Gasteiger partial charge in [0.2, 0.25) is 0 Å². The summed E-state index contributed by atoms with van der Waals surface area (Å²) in [7, 11) is 2.16. The smallest absolute Gasteiger partial charge is 0.0900 e. The molecule has 0 radical (unpaired) electrons. The lowest BCUT2D eigenvalue weighted by atomic mass is 9.91. The first-order valence-corrected chi connectivity index (χ1v) is 6.67. The lowest BCUT2D eigenvalue weighted by molar-refractivity contribution is -0.0579. The van der Waals surface area contributed by atoms with E-state index < -0.39 is 5.60 Å². The maximum Gasteiger partial charge on any atom is 0.0900 e. The van der Waals surface area contributed by atoms with E-state index in [4.69, 9.17) is 0 Å². The van der Waals surface area contributed by atoms with Crippen molar-refractivity contribution < 1.29 is 5.11 Å². The minimum Gasteiger partial charge on any atom is -0.387 e. The SMILES string of the molecule is CC(C)N1CCC[C@@](O)(CN(C)C2CC2)C1. The van der Waals surface area contributed by atoms with Gasteiger partial charge in [0.05, 0.1) is 5.60 Å². The largest absolute Gasteiger partial charge is 0.387 e. The molecule has 2 aliphatic rings. The Morgan fingerprint density at radius 1 is 1.44 bits per heavy atom. The molecule has 16 heavy (non-hydrogen) atoms. The van der Waals surface area contributed by atoms with Gasteiger partial charge in [-0.3, -0.25) is 4.90 Å². The van der Waals surface area contributed by atoms with Crippen LogP contribution >= 0.6 is 0 Å². The minimum absolute atomic E-state index is 0.472. The van der Waals surface area contributed by atoms with Crippen LogP contribution in [0.5, 0.6) is 0 Å². The molecule has 1 aliphatic carbocycles. The van der Waals surface area contributed by atoms with Crippen LogP contribution in [0.1, 0.15) is 39.5 Å². The minimum atomic E-state index is -0.472. The highest BCUT2D eigenvalue weighted by Gasteiger charge is 2.38. The molecule has 94 valence electrons. The number of nitrogens with zero attached hydrogens (tertiary/aromatic N) is 2. The van der Waals surface area contributed by atoms with Crippen molar-refractivity contribution in [3.63, 3.8) is 0 Å². The molecule has 1 saturated heterocycles. The van der Waals surface area contributed by atoms with Crippen molar-refractivity contribution in [1.29, 1.82) is 0 Å². The topological polar surface area (TPSA) is 26.7 Å². The second kappa shape index (κ2) is 4.63. The monoisotopic (exact) mass is 226 g/mol. The molecule has 0 aromatic heterocycles. The van der Waals surface area contributed by atoms with E-state index in [2.05, 4.69) is 30.7 Å². The van der Waals surface area contributed by atoms with Gasteiger partial charge in [-0.2, -0.15) is 0 Å². The van der Waals surface area contributed by atoms with E-state index >= 15 is 0 Å². The summed E-state index contributed by atoms with van der Waals surface area (Å²) in [5.74, 6) is 0. The lowest BCUT2D eigenvalue weighted by Crippen LogP contribution is -2.55. The third-order valence-corrected chi connectivity index (χ3v) is 4.03. The maximum absolute atomic E-state index is 10.7. The Balaban J connectivity index is 1.89. The first kappa shape index (κ1) is 12.3. The number of likely N-dealkylation sites (N-methyl/N-ethyl adjacent to an activating group) is 1. The molecule has 0 amide bonds. The summed E-state index contributed by atoms with van der Waals surface area (Å²) >= 11 is 0. The predicted molar refractivity (Wildman–Crippen MR) is 66.5 cm³/mol. The molecule has 0 unspecified atom stereocenters. The third-order valence-electron chi connectivity index (χ3n) is 4.03. The Morgan fingerprint density at radius 2 is 2.12 bits per heavy atom. The summed E-state index contributed by atoms with van der Waals surface area (Å²) < 4.78 is 0. The van der Waals surface area contributed by atoms with E-state index in [9.17, 15) is 5.11 Å². The molecule has 1 N–H and O–H groups in total. The van der Waals surface area contributed by atoms with E-state index in [1.807, 2.05) is 0 Å². The van der Waals surface area contributed by atoms with Crippen LogP contribution in [0.3, 0.4) is 0 Å². The van der Waals surface area contributed by atoms with Crippen LogP contribution in [0.2, 0.25) is 0 Å². The molecular weight excluding hydrogens is 200 g/mol. The molecule has 1 aliphatic heterocycles. The molecule has 2 rings (SSSR count). The summed E-state index contributed by atoms with van der Waals surface area (Å²) in [5.41, 5.74) is -0.472. The summed E-state index contributed by atoms with van der Waals surface area (Å²) in [6, 6.07) is 1.30. The van der Waals surface area contributed by atoms with Crippen molar-refractivity contribution in [3.05, 3.63) is 0 Å². The average molecular weight is 226 g/mol. The Hall–Kier alpha value is -0.120. The van der Waals surface area contributed by atoms with Gasteiger partial charge in [0, 0.05) is 25.2 Å². The highest BCUT2D eigenvalue weighted by molar-refractivity contribution is 4.93. The fourth-order valence-electron chi connectivity index (χ4n) is 2.83. The average Bonchev–Trinajstić information content (AvgIpc) is 2.99. The van der Waals surface area contributed by atoms with Crippen LogP contribution in [0.4, 0.5) is 0 Å². The van der Waals surface area contributed by atoms with Gasteiger partial charge in [-0.25, -0.2) is 0 Å². The van der Waals surface area contributed by atoms with Crippen LogP contribution in [0, 0.1) is 0 Å². The van der Waals surface area contributed by atoms with Crippen molar-refractivity contribution in [2.24, 2.45) is 0 Å². The molecule has 1 atom stereocenters. The van der Waals surface area contributed by atoms with Gasteiger partial charge in [0.15, 0.2) is 0 Å². The van der Waals surface area contributed by atoms with Crippen molar-refractivity contribution in [1.82, 2.24) is 9.80 Å². The molecule has 0 aromatic carbocycles. The highest BCUT2D eigenvalue weighted by Crippen LogP contribution is 2.29. The quantitative estimate of drug-likeness (QED) is 0.783. The summed E-state index contributed by atoms with van der Waals surface area (Å²) in [6.07, 6.45) is 4.74. The molecule has 1 heterocycles. The standard InChI is InChI=1S/C13H26N2O/c1-11(2)15-8-4-7-13(16,10-15)9-14(3)12-5-6-12/h11-12,16H,4-10H2,1-3H3/t13-/m1/s1. The summed E-state index contributed by atoms with van der Waals surface area (Å²) in [5, 5.41) is 10.7. The van der Waals surface area contributed by atoms with Crippen LogP contribution < -0.4 is 0 Å². The van der Waals surface area contributed by atoms with Crippen LogP contribution in [-0.2, 0) is 0 Å². The predicted octanol–water partition coefficient (Wildman–Crippen LogP) is 1.32. The van der Waals surface area contributed by atoms with E-state index in [1.54, 1.807) is 0 Å². The van der Waals surface area contributed by atoms with E-state index in [1.165, 1.54) is 12.8 Å². The van der Waals surface area contributed by atoms with Crippen molar-refractivity contribution in [2.75, 3.05) is 26.7 Å². The highest BCUT2D eigenvalue weighted by atomic mass is 16.3. The molecule has 0 spiro atoms. The number of likely N-dealkylation sites (tertiary alicyclic amines) is 1. The van der Waals surface area contributed by atoms with Gasteiger partial charge >= 0.3 is 0 Å². The second-order valence-corrected chi connectivity index (χ2v) is 6.04. The van der Waals surface area contributed by atoms with Gasteiger partial charge < -0.3 is 10.0 Å². The fourth-order valence-corrected chi connectivity index (χ4v) is 2.83. The molecule has 0 aromatic rings. The zero-order valence-corrected chi connectivity index (χ0v) is 10.9. The number of aliphatic hydroxyl groups is 1. The van der Waals surface area contributed by atoms with Crippen molar-refractivity contribution >= 4 is 0 Å². The molecular formula is C13H26N2O. The first-order chi connectivity index (χ1) is 7.50. The Labute approximate surface area is 99.4 Å². The first-order valence-electron chi connectivity index (χ1n) is 6.67. The van der Waals surface area contributed by atoms with Gasteiger partial charge in [-0.05, 0) is 53.1 Å². The normalized spacial score (nSPS) is 32.6. The van der Waals surface area contributed by atoms with Gasteiger partial charge in [0.25, 0.3) is 0 Å². The number of β-amino-alcohol motifs (C(OH)–C–C–N with tert-alkyl or cyclic N) is 1. The molecule has 0 bridgehead atoms. The zero-order valence-electron chi connectivity index (χ0n) is 10.9. The second-order valence-electron chi connectivity index (χ2n) is 6.04. The zero-order chi connectivity index (χ0) is 11.8. The lowest BCUT2D eigenvalue weighted by Gasteiger charge is -2.43. The number of hydrogen-bond acceptors (Lipinski definition) is 3. The molecule has 2 fully saturated rings. The third kappa shape index (κ3) is 2.96. The molecule has 1 saturated carbocycles. The van der Waals surface area contributed by atoms with Crippen LogP contribution in [0.25, 0.3) is 0 Å². The van der Waals surface area contributed by atoms with Crippen molar-refractivity contribution in [3.8, 4) is 0 Å². The van der Waals surface area contributed by atoms with Crippen molar-refractivity contribution in [2.45, 2.75) is 57.2 Å².